The summed E-state index contributed by atoms with van der Waals surface area (Å²) in [5.41, 5.74) is 9.21. The van der Waals surface area contributed by atoms with E-state index in [1.807, 2.05) is 11.3 Å². The first-order valence-corrected chi connectivity index (χ1v) is 14.2. The van der Waals surface area contributed by atoms with E-state index in [1.54, 1.807) is 0 Å². The number of benzene rings is 5. The largest absolute Gasteiger partial charge is 0.310 e. The molecule has 7 rings (SSSR count). The number of hydrogen-bond donors (Lipinski definition) is 0. The molecule has 5 aromatic carbocycles. The van der Waals surface area contributed by atoms with Gasteiger partial charge in [-0.15, -0.1) is 11.3 Å². The number of anilines is 3. The van der Waals surface area contributed by atoms with Gasteiger partial charge in [-0.25, -0.2) is 0 Å². The molecule has 1 heterocycles. The van der Waals surface area contributed by atoms with Crippen molar-refractivity contribution < 1.29 is 0 Å². The zero-order chi connectivity index (χ0) is 26.1. The van der Waals surface area contributed by atoms with Gasteiger partial charge in [-0.3, -0.25) is 0 Å². The van der Waals surface area contributed by atoms with Crippen molar-refractivity contribution in [1.29, 1.82) is 0 Å². The number of hydrogen-bond acceptors (Lipinski definition) is 2. The molecular formula is C36H31NS. The Labute approximate surface area is 229 Å². The van der Waals surface area contributed by atoms with E-state index in [9.17, 15) is 0 Å². The zero-order valence-electron chi connectivity index (χ0n) is 22.3. The third-order valence-corrected chi connectivity index (χ3v) is 10.2. The number of thiophene rings is 1. The first-order valence-electron chi connectivity index (χ1n) is 13.4. The van der Waals surface area contributed by atoms with Crippen LogP contribution in [-0.2, 0) is 10.8 Å². The van der Waals surface area contributed by atoms with E-state index in [4.69, 9.17) is 0 Å². The normalized spacial score (nSPS) is 15.3. The third kappa shape index (κ3) is 3.23. The monoisotopic (exact) mass is 509 g/mol. The highest BCUT2D eigenvalue weighted by atomic mass is 32.1. The van der Waals surface area contributed by atoms with E-state index in [0.29, 0.717) is 0 Å². The number of para-hydroxylation sites is 2. The van der Waals surface area contributed by atoms with Gasteiger partial charge in [0.1, 0.15) is 0 Å². The number of rotatable bonds is 3. The molecule has 1 aliphatic rings. The summed E-state index contributed by atoms with van der Waals surface area (Å²) >= 11 is 1.95. The van der Waals surface area contributed by atoms with E-state index in [1.165, 1.54) is 48.1 Å². The van der Waals surface area contributed by atoms with Crippen molar-refractivity contribution in [2.45, 2.75) is 38.5 Å². The summed E-state index contributed by atoms with van der Waals surface area (Å²) in [5, 5.41) is 2.68. The third-order valence-electron chi connectivity index (χ3n) is 8.99. The SMILES string of the molecule is CC1(C)c2ccccc2-c2ccc3c(sc4ccc(N(c5ccccc5)c5ccccc5)cc43)c2C1(C)C. The fourth-order valence-corrected chi connectivity index (χ4v) is 7.72. The summed E-state index contributed by atoms with van der Waals surface area (Å²) in [6.45, 7) is 9.69. The van der Waals surface area contributed by atoms with Crippen LogP contribution in [0.25, 0.3) is 31.3 Å². The summed E-state index contributed by atoms with van der Waals surface area (Å²) < 4.78 is 2.76. The lowest BCUT2D eigenvalue weighted by molar-refractivity contribution is 0.301. The van der Waals surface area contributed by atoms with Gasteiger partial charge in [0.2, 0.25) is 0 Å². The lowest BCUT2D eigenvalue weighted by Gasteiger charge is -2.48. The Bertz CT molecular complexity index is 1770. The summed E-state index contributed by atoms with van der Waals surface area (Å²) in [4.78, 5) is 2.35. The molecule has 1 nitrogen and oxygen atoms in total. The molecule has 0 aliphatic heterocycles. The summed E-state index contributed by atoms with van der Waals surface area (Å²) in [6.07, 6.45) is 0. The van der Waals surface area contributed by atoms with Gasteiger partial charge >= 0.3 is 0 Å². The molecule has 0 saturated heterocycles. The van der Waals surface area contributed by atoms with Gasteiger partial charge in [0, 0.05) is 42.6 Å². The Morgan fingerprint density at radius 2 is 1.16 bits per heavy atom. The van der Waals surface area contributed by atoms with Crippen molar-refractivity contribution in [3.05, 3.63) is 126 Å². The van der Waals surface area contributed by atoms with Gasteiger partial charge in [-0.2, -0.15) is 0 Å². The van der Waals surface area contributed by atoms with Crippen LogP contribution in [0.2, 0.25) is 0 Å². The van der Waals surface area contributed by atoms with E-state index < -0.39 is 0 Å². The maximum absolute atomic E-state index is 2.43. The Balaban J connectivity index is 1.49. The lowest BCUT2D eigenvalue weighted by Crippen LogP contribution is -2.43. The molecule has 0 N–H and O–H groups in total. The molecule has 0 fully saturated rings. The second kappa shape index (κ2) is 8.31. The smallest absolute Gasteiger partial charge is 0.0468 e. The molecule has 38 heavy (non-hydrogen) atoms. The summed E-state index contributed by atoms with van der Waals surface area (Å²) in [5.74, 6) is 0. The van der Waals surface area contributed by atoms with Crippen LogP contribution in [0.3, 0.4) is 0 Å². The quantitative estimate of drug-likeness (QED) is 0.229. The number of nitrogens with zero attached hydrogens (tertiary/aromatic N) is 1. The predicted molar refractivity (Wildman–Crippen MR) is 166 cm³/mol. The van der Waals surface area contributed by atoms with Gasteiger partial charge in [-0.1, -0.05) is 100 Å². The second-order valence-electron chi connectivity index (χ2n) is 11.4. The lowest BCUT2D eigenvalue weighted by atomic mass is 9.55. The Morgan fingerprint density at radius 1 is 0.526 bits per heavy atom. The highest BCUT2D eigenvalue weighted by Crippen LogP contribution is 2.57. The minimum absolute atomic E-state index is 0.0139. The van der Waals surface area contributed by atoms with Crippen molar-refractivity contribution in [3.63, 3.8) is 0 Å². The molecule has 0 bridgehead atoms. The van der Waals surface area contributed by atoms with Crippen LogP contribution >= 0.6 is 11.3 Å². The molecule has 6 aromatic rings. The van der Waals surface area contributed by atoms with Crippen LogP contribution in [0.4, 0.5) is 17.1 Å². The first-order chi connectivity index (χ1) is 18.4. The van der Waals surface area contributed by atoms with E-state index >= 15 is 0 Å². The molecule has 0 amide bonds. The molecule has 1 aromatic heterocycles. The second-order valence-corrected chi connectivity index (χ2v) is 12.5. The average Bonchev–Trinajstić information content (AvgIpc) is 3.31. The predicted octanol–water partition coefficient (Wildman–Crippen LogP) is 10.8. The van der Waals surface area contributed by atoms with Crippen LogP contribution in [-0.4, -0.2) is 0 Å². The maximum Gasteiger partial charge on any atom is 0.0468 e. The van der Waals surface area contributed by atoms with E-state index in [0.717, 1.165) is 11.4 Å². The fraction of sp³-hybridized carbons (Fsp3) is 0.167. The molecule has 0 unspecified atom stereocenters. The van der Waals surface area contributed by atoms with Gasteiger partial charge in [0.25, 0.3) is 0 Å². The Morgan fingerprint density at radius 3 is 1.84 bits per heavy atom. The van der Waals surface area contributed by atoms with E-state index in [-0.39, 0.29) is 10.8 Å². The Hall–Kier alpha value is -3.88. The first kappa shape index (κ1) is 23.3. The summed E-state index contributed by atoms with van der Waals surface area (Å²) in [6, 6.07) is 42.0. The molecule has 2 heteroatoms. The van der Waals surface area contributed by atoms with E-state index in [2.05, 4.69) is 148 Å². The molecule has 0 radical (unpaired) electrons. The zero-order valence-corrected chi connectivity index (χ0v) is 23.1. The van der Waals surface area contributed by atoms with Crippen LogP contribution < -0.4 is 4.90 Å². The average molecular weight is 510 g/mol. The van der Waals surface area contributed by atoms with Crippen LogP contribution in [0, 0.1) is 0 Å². The topological polar surface area (TPSA) is 3.24 Å². The standard InChI is InChI=1S/C36H31NS/c1-35(2)31-18-12-11-17-27(31)28-20-21-29-30-23-26(19-22-32(30)38-34(29)33(28)36(35,3)4)37(24-13-7-5-8-14-24)25-15-9-6-10-16-25/h5-23H,1-4H3. The highest BCUT2D eigenvalue weighted by molar-refractivity contribution is 7.26. The Kier molecular flexibility index (Phi) is 5.09. The van der Waals surface area contributed by atoms with Crippen molar-refractivity contribution >= 4 is 48.6 Å². The van der Waals surface area contributed by atoms with Crippen molar-refractivity contribution in [2.24, 2.45) is 0 Å². The fourth-order valence-electron chi connectivity index (χ4n) is 6.33. The van der Waals surface area contributed by atoms with Crippen LogP contribution in [0.1, 0.15) is 38.8 Å². The molecule has 0 spiro atoms. The minimum Gasteiger partial charge on any atom is -0.310 e. The maximum atomic E-state index is 2.43. The molecule has 0 saturated carbocycles. The van der Waals surface area contributed by atoms with Gasteiger partial charge in [-0.05, 0) is 70.1 Å². The molecule has 0 atom stereocenters. The van der Waals surface area contributed by atoms with Crippen molar-refractivity contribution in [2.75, 3.05) is 4.90 Å². The molecule has 1 aliphatic carbocycles. The summed E-state index contributed by atoms with van der Waals surface area (Å²) in [7, 11) is 0. The number of fused-ring (bicyclic) bond motifs is 7. The van der Waals surface area contributed by atoms with Gasteiger partial charge in [0.15, 0.2) is 0 Å². The van der Waals surface area contributed by atoms with Crippen molar-refractivity contribution in [1.82, 2.24) is 0 Å². The van der Waals surface area contributed by atoms with Crippen molar-refractivity contribution in [3.8, 4) is 11.1 Å². The molecule has 186 valence electrons. The minimum atomic E-state index is -0.0139. The highest BCUT2D eigenvalue weighted by Gasteiger charge is 2.46. The van der Waals surface area contributed by atoms with Gasteiger partial charge in [0.05, 0.1) is 0 Å². The van der Waals surface area contributed by atoms with Crippen LogP contribution in [0.5, 0.6) is 0 Å². The van der Waals surface area contributed by atoms with Crippen LogP contribution in [0.15, 0.2) is 115 Å². The molecular weight excluding hydrogens is 478 g/mol. The van der Waals surface area contributed by atoms with Gasteiger partial charge < -0.3 is 4.90 Å².